The molecular formula is C17H20N4O3S. The quantitative estimate of drug-likeness (QED) is 0.823. The number of aromatic nitrogens is 2. The monoisotopic (exact) mass is 360 g/mol. The number of carbonyl (C=O) groups excluding carboxylic acids is 1. The maximum atomic E-state index is 12.5. The van der Waals surface area contributed by atoms with Crippen LogP contribution >= 0.6 is 0 Å². The molecule has 7 nitrogen and oxygen atoms in total. The molecule has 1 fully saturated rings. The second-order valence-electron chi connectivity index (χ2n) is 6.35. The first-order chi connectivity index (χ1) is 11.9. The Hall–Kier alpha value is -2.32. The van der Waals surface area contributed by atoms with Crippen molar-refractivity contribution in [1.29, 1.82) is 0 Å². The number of rotatable bonds is 6. The standard InChI is InChI=1S/C17H20N4O3S/c1-11(2)16-15(9-18-10-19-16)17(22)20-13-4-3-5-14(8-13)25(23,24)21-12-6-7-12/h3-5,8-12,21H,6-7H2,1-2H3,(H,20,22). The summed E-state index contributed by atoms with van der Waals surface area (Å²) in [5.41, 5.74) is 1.43. The van der Waals surface area contributed by atoms with Gasteiger partial charge in [0.05, 0.1) is 16.2 Å². The van der Waals surface area contributed by atoms with Gasteiger partial charge >= 0.3 is 0 Å². The number of carbonyl (C=O) groups is 1. The minimum atomic E-state index is -3.57. The van der Waals surface area contributed by atoms with Gasteiger partial charge in [-0.15, -0.1) is 0 Å². The lowest BCUT2D eigenvalue weighted by Crippen LogP contribution is -2.25. The molecule has 0 unspecified atom stereocenters. The molecule has 25 heavy (non-hydrogen) atoms. The summed E-state index contributed by atoms with van der Waals surface area (Å²) in [5.74, 6) is -0.299. The van der Waals surface area contributed by atoms with E-state index in [-0.39, 0.29) is 22.8 Å². The summed E-state index contributed by atoms with van der Waals surface area (Å²) in [7, 11) is -3.57. The number of benzene rings is 1. The molecular weight excluding hydrogens is 340 g/mol. The molecule has 0 saturated heterocycles. The Labute approximate surface area is 146 Å². The van der Waals surface area contributed by atoms with Crippen molar-refractivity contribution in [3.63, 3.8) is 0 Å². The van der Waals surface area contributed by atoms with Crippen LogP contribution in [-0.4, -0.2) is 30.3 Å². The van der Waals surface area contributed by atoms with Gasteiger partial charge in [0.1, 0.15) is 6.33 Å². The lowest BCUT2D eigenvalue weighted by molar-refractivity contribution is 0.102. The third kappa shape index (κ3) is 4.21. The SMILES string of the molecule is CC(C)c1ncncc1C(=O)Nc1cccc(S(=O)(=O)NC2CC2)c1. The summed E-state index contributed by atoms with van der Waals surface area (Å²) < 4.78 is 27.2. The van der Waals surface area contributed by atoms with Crippen molar-refractivity contribution in [2.45, 2.75) is 43.5 Å². The lowest BCUT2D eigenvalue weighted by Gasteiger charge is -2.12. The van der Waals surface area contributed by atoms with Crippen LogP contribution < -0.4 is 10.0 Å². The number of sulfonamides is 1. The molecule has 132 valence electrons. The fraction of sp³-hybridized carbons (Fsp3) is 0.353. The van der Waals surface area contributed by atoms with E-state index in [1.165, 1.54) is 24.7 Å². The van der Waals surface area contributed by atoms with Crippen LogP contribution in [0.15, 0.2) is 41.7 Å². The number of hydrogen-bond donors (Lipinski definition) is 2. The fourth-order valence-corrected chi connectivity index (χ4v) is 3.75. The number of anilines is 1. The van der Waals surface area contributed by atoms with Gasteiger partial charge in [-0.1, -0.05) is 19.9 Å². The summed E-state index contributed by atoms with van der Waals surface area (Å²) in [5, 5.41) is 2.72. The van der Waals surface area contributed by atoms with Gasteiger partial charge in [-0.3, -0.25) is 4.79 Å². The zero-order valence-corrected chi connectivity index (χ0v) is 14.9. The average molecular weight is 360 g/mol. The Morgan fingerprint density at radius 1 is 1.28 bits per heavy atom. The van der Waals surface area contributed by atoms with E-state index in [1.807, 2.05) is 13.8 Å². The number of nitrogens with one attached hydrogen (secondary N) is 2. The van der Waals surface area contributed by atoms with Gasteiger partial charge in [0.15, 0.2) is 0 Å². The van der Waals surface area contributed by atoms with E-state index < -0.39 is 10.0 Å². The molecule has 0 bridgehead atoms. The van der Waals surface area contributed by atoms with Crippen LogP contribution in [0.2, 0.25) is 0 Å². The van der Waals surface area contributed by atoms with E-state index in [0.29, 0.717) is 16.9 Å². The van der Waals surface area contributed by atoms with Gasteiger partial charge in [-0.05, 0) is 37.0 Å². The van der Waals surface area contributed by atoms with Crippen LogP contribution in [0.4, 0.5) is 5.69 Å². The van der Waals surface area contributed by atoms with E-state index in [9.17, 15) is 13.2 Å². The van der Waals surface area contributed by atoms with Crippen LogP contribution in [0, 0.1) is 0 Å². The van der Waals surface area contributed by atoms with Crippen molar-refractivity contribution < 1.29 is 13.2 Å². The molecule has 0 aliphatic heterocycles. The summed E-state index contributed by atoms with van der Waals surface area (Å²) >= 11 is 0. The molecule has 1 aromatic heterocycles. The zero-order chi connectivity index (χ0) is 18.0. The third-order valence-electron chi connectivity index (χ3n) is 3.84. The minimum Gasteiger partial charge on any atom is -0.322 e. The molecule has 1 amide bonds. The van der Waals surface area contributed by atoms with E-state index in [2.05, 4.69) is 20.0 Å². The molecule has 2 N–H and O–H groups in total. The van der Waals surface area contributed by atoms with Crippen molar-refractivity contribution in [1.82, 2.24) is 14.7 Å². The molecule has 1 heterocycles. The highest BCUT2D eigenvalue weighted by Crippen LogP contribution is 2.24. The van der Waals surface area contributed by atoms with Crippen molar-refractivity contribution in [2.75, 3.05) is 5.32 Å². The minimum absolute atomic E-state index is 0.0262. The van der Waals surface area contributed by atoms with Crippen molar-refractivity contribution in [2.24, 2.45) is 0 Å². The summed E-state index contributed by atoms with van der Waals surface area (Å²) in [6.07, 6.45) is 4.60. The van der Waals surface area contributed by atoms with E-state index in [0.717, 1.165) is 12.8 Å². The smallest absolute Gasteiger partial charge is 0.259 e. The molecule has 3 rings (SSSR count). The lowest BCUT2D eigenvalue weighted by atomic mass is 10.0. The third-order valence-corrected chi connectivity index (χ3v) is 5.35. The molecule has 1 aliphatic carbocycles. The largest absolute Gasteiger partial charge is 0.322 e. The second-order valence-corrected chi connectivity index (χ2v) is 8.07. The van der Waals surface area contributed by atoms with Crippen LogP contribution in [0.3, 0.4) is 0 Å². The predicted molar refractivity (Wildman–Crippen MR) is 93.9 cm³/mol. The maximum Gasteiger partial charge on any atom is 0.259 e. The summed E-state index contributed by atoms with van der Waals surface area (Å²) in [6, 6.07) is 6.22. The van der Waals surface area contributed by atoms with Gasteiger partial charge in [0.2, 0.25) is 10.0 Å². The first kappa shape index (κ1) is 17.5. The Bertz CT molecular complexity index is 892. The molecule has 8 heteroatoms. The molecule has 0 spiro atoms. The predicted octanol–water partition coefficient (Wildman–Crippen LogP) is 2.29. The Kier molecular flexibility index (Phi) is 4.82. The summed E-state index contributed by atoms with van der Waals surface area (Å²) in [4.78, 5) is 20.7. The molecule has 1 aliphatic rings. The van der Waals surface area contributed by atoms with Gasteiger partial charge in [0.25, 0.3) is 5.91 Å². The fourth-order valence-electron chi connectivity index (χ4n) is 2.40. The Morgan fingerprint density at radius 2 is 2.04 bits per heavy atom. The zero-order valence-electron chi connectivity index (χ0n) is 14.1. The van der Waals surface area contributed by atoms with Crippen LogP contribution in [0.5, 0.6) is 0 Å². The van der Waals surface area contributed by atoms with E-state index >= 15 is 0 Å². The molecule has 0 atom stereocenters. The highest BCUT2D eigenvalue weighted by molar-refractivity contribution is 7.89. The van der Waals surface area contributed by atoms with Crippen LogP contribution in [0.1, 0.15) is 48.7 Å². The first-order valence-electron chi connectivity index (χ1n) is 8.10. The van der Waals surface area contributed by atoms with E-state index in [1.54, 1.807) is 12.1 Å². The molecule has 0 radical (unpaired) electrons. The number of nitrogens with zero attached hydrogens (tertiary/aromatic N) is 2. The van der Waals surface area contributed by atoms with Crippen LogP contribution in [0.25, 0.3) is 0 Å². The highest BCUT2D eigenvalue weighted by Gasteiger charge is 2.28. The van der Waals surface area contributed by atoms with Crippen molar-refractivity contribution >= 4 is 21.6 Å². The maximum absolute atomic E-state index is 12.5. The normalized spacial score (nSPS) is 14.5. The van der Waals surface area contributed by atoms with Gasteiger partial charge < -0.3 is 5.32 Å². The topological polar surface area (TPSA) is 101 Å². The highest BCUT2D eigenvalue weighted by atomic mass is 32.2. The first-order valence-corrected chi connectivity index (χ1v) is 9.59. The number of amides is 1. The van der Waals surface area contributed by atoms with Crippen molar-refractivity contribution in [3.8, 4) is 0 Å². The number of hydrogen-bond acceptors (Lipinski definition) is 5. The molecule has 2 aromatic rings. The Morgan fingerprint density at radius 3 is 2.72 bits per heavy atom. The molecule has 1 saturated carbocycles. The summed E-state index contributed by atoms with van der Waals surface area (Å²) in [6.45, 7) is 3.88. The van der Waals surface area contributed by atoms with Gasteiger partial charge in [-0.25, -0.2) is 23.1 Å². The van der Waals surface area contributed by atoms with Gasteiger partial charge in [0, 0.05) is 17.9 Å². The second kappa shape index (κ2) is 6.89. The van der Waals surface area contributed by atoms with Gasteiger partial charge in [-0.2, -0.15) is 0 Å². The van der Waals surface area contributed by atoms with E-state index in [4.69, 9.17) is 0 Å². The van der Waals surface area contributed by atoms with Crippen LogP contribution in [-0.2, 0) is 10.0 Å². The average Bonchev–Trinajstić information content (AvgIpc) is 3.38. The van der Waals surface area contributed by atoms with Crippen molar-refractivity contribution in [3.05, 3.63) is 48.0 Å². The Balaban J connectivity index is 1.82. The molecule has 1 aromatic carbocycles.